The second-order valence-corrected chi connectivity index (χ2v) is 4.13. The normalized spacial score (nSPS) is 10.3. The zero-order valence-electron chi connectivity index (χ0n) is 10.2. The Morgan fingerprint density at radius 2 is 1.71 bits per heavy atom. The summed E-state index contributed by atoms with van der Waals surface area (Å²) in [5, 5.41) is 2.41. The topological polar surface area (TPSA) is 12.5 Å². The van der Waals surface area contributed by atoms with E-state index in [4.69, 9.17) is 4.74 Å². The van der Waals surface area contributed by atoms with E-state index < -0.39 is 0 Å². The number of fused-ring (bicyclic) bond motifs is 1. The molecule has 0 spiro atoms. The van der Waals surface area contributed by atoms with E-state index in [0.717, 1.165) is 18.9 Å². The second-order valence-electron chi connectivity index (χ2n) is 4.13. The minimum atomic E-state index is 0. The van der Waals surface area contributed by atoms with Gasteiger partial charge < -0.3 is 9.64 Å². The number of halogens is 1. The number of hydrogen-bond donors (Lipinski definition) is 0. The first-order valence-corrected chi connectivity index (χ1v) is 5.52. The lowest BCUT2D eigenvalue weighted by molar-refractivity contribution is 0.263. The van der Waals surface area contributed by atoms with E-state index >= 15 is 0 Å². The van der Waals surface area contributed by atoms with Gasteiger partial charge in [0.25, 0.3) is 0 Å². The molecular formula is C14H18ClNO. The van der Waals surface area contributed by atoms with Crippen LogP contribution in [0.1, 0.15) is 0 Å². The molecule has 0 heterocycles. The molecule has 0 atom stereocenters. The van der Waals surface area contributed by atoms with Crippen LogP contribution in [0.3, 0.4) is 0 Å². The van der Waals surface area contributed by atoms with Gasteiger partial charge in [0.05, 0.1) is 0 Å². The van der Waals surface area contributed by atoms with Crippen LogP contribution >= 0.6 is 12.4 Å². The predicted molar refractivity (Wildman–Crippen MR) is 75.2 cm³/mol. The van der Waals surface area contributed by atoms with Gasteiger partial charge in [-0.05, 0) is 25.5 Å². The first kappa shape index (κ1) is 13.8. The third-order valence-corrected chi connectivity index (χ3v) is 2.55. The third kappa shape index (κ3) is 3.62. The number of benzene rings is 2. The van der Waals surface area contributed by atoms with Crippen molar-refractivity contribution in [2.75, 3.05) is 27.2 Å². The van der Waals surface area contributed by atoms with Crippen LogP contribution in [-0.4, -0.2) is 32.1 Å². The van der Waals surface area contributed by atoms with Gasteiger partial charge in [0.2, 0.25) is 0 Å². The fraction of sp³-hybridized carbons (Fsp3) is 0.286. The van der Waals surface area contributed by atoms with Crippen LogP contribution in [0, 0.1) is 0 Å². The average molecular weight is 252 g/mol. The first-order chi connectivity index (χ1) is 7.77. The maximum atomic E-state index is 5.79. The molecule has 3 heteroatoms. The number of rotatable bonds is 4. The molecule has 2 nitrogen and oxygen atoms in total. The van der Waals surface area contributed by atoms with Crippen LogP contribution in [0.25, 0.3) is 10.8 Å². The Morgan fingerprint density at radius 3 is 2.47 bits per heavy atom. The minimum Gasteiger partial charge on any atom is -0.492 e. The van der Waals surface area contributed by atoms with Gasteiger partial charge in [0, 0.05) is 11.9 Å². The standard InChI is InChI=1S/C14H17NO.ClH/c1-15(2)10-11-16-14-9-5-7-12-6-3-4-8-13(12)14;/h3-9H,10-11H2,1-2H3;1H. The van der Waals surface area contributed by atoms with Gasteiger partial charge >= 0.3 is 0 Å². The van der Waals surface area contributed by atoms with Gasteiger partial charge in [-0.2, -0.15) is 0 Å². The zero-order chi connectivity index (χ0) is 11.4. The maximum Gasteiger partial charge on any atom is 0.127 e. The Morgan fingerprint density at radius 1 is 1.00 bits per heavy atom. The Labute approximate surface area is 109 Å². The highest BCUT2D eigenvalue weighted by Crippen LogP contribution is 2.24. The van der Waals surface area contributed by atoms with Crippen molar-refractivity contribution in [3.63, 3.8) is 0 Å². The van der Waals surface area contributed by atoms with Gasteiger partial charge in [-0.3, -0.25) is 0 Å². The molecule has 0 aliphatic rings. The second kappa shape index (κ2) is 6.48. The number of likely N-dealkylation sites (N-methyl/N-ethyl adjacent to an activating group) is 1. The molecule has 92 valence electrons. The molecule has 0 aliphatic carbocycles. The van der Waals surface area contributed by atoms with Crippen molar-refractivity contribution in [1.82, 2.24) is 4.90 Å². The average Bonchev–Trinajstić information content (AvgIpc) is 2.29. The fourth-order valence-electron chi connectivity index (χ4n) is 1.66. The van der Waals surface area contributed by atoms with Crippen molar-refractivity contribution < 1.29 is 4.74 Å². The van der Waals surface area contributed by atoms with Gasteiger partial charge in [0.15, 0.2) is 0 Å². The molecule has 0 saturated heterocycles. The van der Waals surface area contributed by atoms with Crippen LogP contribution in [0.4, 0.5) is 0 Å². The highest BCUT2D eigenvalue weighted by molar-refractivity contribution is 5.88. The molecule has 0 radical (unpaired) electrons. The quantitative estimate of drug-likeness (QED) is 0.828. The summed E-state index contributed by atoms with van der Waals surface area (Å²) >= 11 is 0. The van der Waals surface area contributed by atoms with Crippen molar-refractivity contribution in [3.05, 3.63) is 42.5 Å². The van der Waals surface area contributed by atoms with Crippen molar-refractivity contribution in [3.8, 4) is 5.75 Å². The van der Waals surface area contributed by atoms with Gasteiger partial charge in [0.1, 0.15) is 12.4 Å². The van der Waals surface area contributed by atoms with Crippen molar-refractivity contribution in [2.24, 2.45) is 0 Å². The minimum absolute atomic E-state index is 0. The van der Waals surface area contributed by atoms with Crippen LogP contribution < -0.4 is 4.74 Å². The Balaban J connectivity index is 0.00000144. The van der Waals surface area contributed by atoms with E-state index in [-0.39, 0.29) is 12.4 Å². The smallest absolute Gasteiger partial charge is 0.127 e. The molecule has 17 heavy (non-hydrogen) atoms. The molecule has 0 amide bonds. The summed E-state index contributed by atoms with van der Waals surface area (Å²) in [4.78, 5) is 2.12. The zero-order valence-corrected chi connectivity index (χ0v) is 11.0. The van der Waals surface area contributed by atoms with Crippen molar-refractivity contribution in [1.29, 1.82) is 0 Å². The number of nitrogens with zero attached hydrogens (tertiary/aromatic N) is 1. The molecule has 0 fully saturated rings. The Kier molecular flexibility index (Phi) is 5.26. The van der Waals surface area contributed by atoms with Gasteiger partial charge in [-0.1, -0.05) is 36.4 Å². The summed E-state index contributed by atoms with van der Waals surface area (Å²) in [6, 6.07) is 14.5. The van der Waals surface area contributed by atoms with Crippen molar-refractivity contribution >= 4 is 23.2 Å². The molecule has 0 saturated carbocycles. The summed E-state index contributed by atoms with van der Waals surface area (Å²) in [5.41, 5.74) is 0. The van der Waals surface area contributed by atoms with Crippen LogP contribution in [0.2, 0.25) is 0 Å². The Bertz CT molecular complexity index is 465. The summed E-state index contributed by atoms with van der Waals surface area (Å²) < 4.78 is 5.79. The number of ether oxygens (including phenoxy) is 1. The molecule has 0 aromatic heterocycles. The van der Waals surface area contributed by atoms with Gasteiger partial charge in [-0.15, -0.1) is 12.4 Å². The Hall–Kier alpha value is -1.25. The lowest BCUT2D eigenvalue weighted by Crippen LogP contribution is -2.19. The SMILES string of the molecule is CN(C)CCOc1cccc2ccccc12.Cl. The molecule has 2 aromatic rings. The molecule has 2 aromatic carbocycles. The van der Waals surface area contributed by atoms with Crippen molar-refractivity contribution in [2.45, 2.75) is 0 Å². The highest BCUT2D eigenvalue weighted by atomic mass is 35.5. The fourth-order valence-corrected chi connectivity index (χ4v) is 1.66. The van der Waals surface area contributed by atoms with E-state index in [9.17, 15) is 0 Å². The highest BCUT2D eigenvalue weighted by Gasteiger charge is 2.00. The van der Waals surface area contributed by atoms with E-state index in [0.29, 0.717) is 0 Å². The largest absolute Gasteiger partial charge is 0.492 e. The lowest BCUT2D eigenvalue weighted by atomic mass is 10.1. The first-order valence-electron chi connectivity index (χ1n) is 5.52. The third-order valence-electron chi connectivity index (χ3n) is 2.55. The summed E-state index contributed by atoms with van der Waals surface area (Å²) in [7, 11) is 4.10. The molecule has 0 bridgehead atoms. The predicted octanol–water partition coefficient (Wildman–Crippen LogP) is 3.20. The van der Waals surface area contributed by atoms with Crippen LogP contribution in [-0.2, 0) is 0 Å². The summed E-state index contributed by atoms with van der Waals surface area (Å²) in [6.45, 7) is 1.66. The van der Waals surface area contributed by atoms with Crippen LogP contribution in [0.5, 0.6) is 5.75 Å². The molecule has 0 unspecified atom stereocenters. The van der Waals surface area contributed by atoms with E-state index in [1.54, 1.807) is 0 Å². The maximum absolute atomic E-state index is 5.79. The monoisotopic (exact) mass is 251 g/mol. The lowest BCUT2D eigenvalue weighted by Gasteiger charge is -2.12. The van der Waals surface area contributed by atoms with E-state index in [1.807, 2.05) is 38.4 Å². The molecule has 2 rings (SSSR count). The van der Waals surface area contributed by atoms with E-state index in [2.05, 4.69) is 23.1 Å². The van der Waals surface area contributed by atoms with E-state index in [1.165, 1.54) is 10.8 Å². The number of hydrogen-bond acceptors (Lipinski definition) is 2. The summed E-state index contributed by atoms with van der Waals surface area (Å²) in [6.07, 6.45) is 0. The summed E-state index contributed by atoms with van der Waals surface area (Å²) in [5.74, 6) is 0.972. The molecule has 0 aliphatic heterocycles. The molecular weight excluding hydrogens is 234 g/mol. The molecule has 0 N–H and O–H groups in total. The van der Waals surface area contributed by atoms with Gasteiger partial charge in [-0.25, -0.2) is 0 Å². The van der Waals surface area contributed by atoms with Crippen LogP contribution in [0.15, 0.2) is 42.5 Å².